The van der Waals surface area contributed by atoms with E-state index in [1.165, 1.54) is 0 Å². The third kappa shape index (κ3) is 5.90. The van der Waals surface area contributed by atoms with E-state index in [0.29, 0.717) is 12.5 Å². The molecule has 0 fully saturated rings. The molecule has 0 spiro atoms. The first kappa shape index (κ1) is 18.2. The minimum absolute atomic E-state index is 0.179. The summed E-state index contributed by atoms with van der Waals surface area (Å²) in [6, 6.07) is -0.657. The van der Waals surface area contributed by atoms with E-state index in [2.05, 4.69) is 16.0 Å². The molecular formula is C13H25N3O4. The highest BCUT2D eigenvalue weighted by molar-refractivity contribution is 5.88. The minimum Gasteiger partial charge on any atom is -0.480 e. The van der Waals surface area contributed by atoms with Gasteiger partial charge < -0.3 is 21.1 Å². The Hall–Kier alpha value is -1.79. The molecule has 20 heavy (non-hydrogen) atoms. The van der Waals surface area contributed by atoms with Gasteiger partial charge in [-0.3, -0.25) is 4.79 Å². The molecule has 0 unspecified atom stereocenters. The molecule has 0 radical (unpaired) electrons. The van der Waals surface area contributed by atoms with Crippen LogP contribution in [0.4, 0.5) is 4.79 Å². The second-order valence-corrected chi connectivity index (χ2v) is 5.10. The van der Waals surface area contributed by atoms with Gasteiger partial charge in [0.25, 0.3) is 0 Å². The van der Waals surface area contributed by atoms with Crippen molar-refractivity contribution < 1.29 is 19.5 Å². The van der Waals surface area contributed by atoms with E-state index in [1.807, 2.05) is 13.8 Å². The molecule has 116 valence electrons. The molecule has 0 atom stereocenters. The maximum atomic E-state index is 11.7. The summed E-state index contributed by atoms with van der Waals surface area (Å²) in [6.07, 6.45) is 0.539. The van der Waals surface area contributed by atoms with Crippen LogP contribution in [0.25, 0.3) is 0 Å². The third-order valence-electron chi connectivity index (χ3n) is 3.09. The molecule has 0 aromatic carbocycles. The molecule has 0 aliphatic carbocycles. The molecular weight excluding hydrogens is 262 g/mol. The molecule has 0 aliphatic heterocycles. The maximum absolute atomic E-state index is 11.7. The normalized spacial score (nSPS) is 11.1. The topological polar surface area (TPSA) is 108 Å². The number of carboxylic acids is 1. The Kier molecular flexibility index (Phi) is 7.64. The number of rotatable bonds is 8. The highest BCUT2D eigenvalue weighted by Gasteiger charge is 2.36. The second-order valence-electron chi connectivity index (χ2n) is 5.10. The van der Waals surface area contributed by atoms with Crippen LogP contribution in [-0.2, 0) is 9.59 Å². The van der Waals surface area contributed by atoms with E-state index in [9.17, 15) is 19.5 Å². The smallest absolute Gasteiger partial charge is 0.329 e. The molecule has 3 amide bonds. The third-order valence-corrected chi connectivity index (χ3v) is 3.09. The van der Waals surface area contributed by atoms with Crippen LogP contribution in [0.15, 0.2) is 0 Å². The lowest BCUT2D eigenvalue weighted by Crippen LogP contribution is -2.57. The molecule has 0 aromatic rings. The molecule has 0 saturated carbocycles. The number of carbonyl (C=O) groups is 3. The summed E-state index contributed by atoms with van der Waals surface area (Å²) < 4.78 is 0. The molecule has 7 heteroatoms. The van der Waals surface area contributed by atoms with Crippen molar-refractivity contribution in [2.24, 2.45) is 5.92 Å². The van der Waals surface area contributed by atoms with Crippen LogP contribution < -0.4 is 16.0 Å². The van der Waals surface area contributed by atoms with Gasteiger partial charge in [-0.1, -0.05) is 27.7 Å². The van der Waals surface area contributed by atoms with Crippen LogP contribution in [0.5, 0.6) is 0 Å². The zero-order valence-electron chi connectivity index (χ0n) is 12.6. The summed E-state index contributed by atoms with van der Waals surface area (Å²) in [7, 11) is 0. The van der Waals surface area contributed by atoms with Crippen LogP contribution in [0.2, 0.25) is 0 Å². The summed E-state index contributed by atoms with van der Waals surface area (Å²) in [5, 5.41) is 16.6. The zero-order valence-corrected chi connectivity index (χ0v) is 12.6. The lowest BCUT2D eigenvalue weighted by atomic mass is 9.93. The van der Waals surface area contributed by atoms with Crippen molar-refractivity contribution in [1.29, 1.82) is 0 Å². The van der Waals surface area contributed by atoms with Crippen molar-refractivity contribution in [3.05, 3.63) is 0 Å². The van der Waals surface area contributed by atoms with Gasteiger partial charge in [0.15, 0.2) is 0 Å². The predicted molar refractivity (Wildman–Crippen MR) is 75.3 cm³/mol. The fraction of sp³-hybridized carbons (Fsp3) is 0.769. The SMILES string of the molecule is CCC(CC)(NC(=O)NCC(=O)NCC(C)C)C(=O)O. The molecule has 0 heterocycles. The van der Waals surface area contributed by atoms with E-state index in [0.717, 1.165) is 0 Å². The number of carbonyl (C=O) groups excluding carboxylic acids is 2. The van der Waals surface area contributed by atoms with E-state index in [4.69, 9.17) is 0 Å². The van der Waals surface area contributed by atoms with Crippen LogP contribution >= 0.6 is 0 Å². The lowest BCUT2D eigenvalue weighted by Gasteiger charge is -2.27. The van der Waals surface area contributed by atoms with Gasteiger partial charge in [0.2, 0.25) is 5.91 Å². The van der Waals surface area contributed by atoms with Gasteiger partial charge >= 0.3 is 12.0 Å². The van der Waals surface area contributed by atoms with Gasteiger partial charge in [0, 0.05) is 6.54 Å². The Morgan fingerprint density at radius 2 is 1.65 bits per heavy atom. The van der Waals surface area contributed by atoms with Crippen molar-refractivity contribution in [2.75, 3.05) is 13.1 Å². The summed E-state index contributed by atoms with van der Waals surface area (Å²) in [6.45, 7) is 7.65. The first-order valence-electron chi connectivity index (χ1n) is 6.83. The Morgan fingerprint density at radius 3 is 2.05 bits per heavy atom. The number of nitrogens with one attached hydrogen (secondary N) is 3. The van der Waals surface area contributed by atoms with Gasteiger partial charge in [0.05, 0.1) is 6.54 Å². The molecule has 0 aromatic heterocycles. The summed E-state index contributed by atoms with van der Waals surface area (Å²) in [5.41, 5.74) is -1.29. The lowest BCUT2D eigenvalue weighted by molar-refractivity contribution is -0.144. The maximum Gasteiger partial charge on any atom is 0.329 e. The largest absolute Gasteiger partial charge is 0.480 e. The Bertz CT molecular complexity index is 352. The molecule has 0 bridgehead atoms. The van der Waals surface area contributed by atoms with Gasteiger partial charge in [0.1, 0.15) is 5.54 Å². The Morgan fingerprint density at radius 1 is 1.10 bits per heavy atom. The van der Waals surface area contributed by atoms with E-state index < -0.39 is 17.5 Å². The van der Waals surface area contributed by atoms with Crippen molar-refractivity contribution in [2.45, 2.75) is 46.1 Å². The average molecular weight is 287 g/mol. The van der Waals surface area contributed by atoms with Crippen molar-refractivity contribution in [3.63, 3.8) is 0 Å². The summed E-state index contributed by atoms with van der Waals surface area (Å²) >= 11 is 0. The monoisotopic (exact) mass is 287 g/mol. The van der Waals surface area contributed by atoms with Crippen molar-refractivity contribution >= 4 is 17.9 Å². The summed E-state index contributed by atoms with van der Waals surface area (Å²) in [5.74, 6) is -1.06. The van der Waals surface area contributed by atoms with Crippen LogP contribution in [-0.4, -0.2) is 41.6 Å². The number of urea groups is 1. The van der Waals surface area contributed by atoms with Crippen LogP contribution in [0.1, 0.15) is 40.5 Å². The van der Waals surface area contributed by atoms with Gasteiger partial charge in [-0.25, -0.2) is 9.59 Å². The fourth-order valence-corrected chi connectivity index (χ4v) is 1.59. The standard InChI is InChI=1S/C13H25N3O4/c1-5-13(6-2,11(18)19)16-12(20)15-8-10(17)14-7-9(3)4/h9H,5-8H2,1-4H3,(H,14,17)(H,18,19)(H2,15,16,20). The first-order chi connectivity index (χ1) is 9.27. The number of amides is 3. The van der Waals surface area contributed by atoms with Gasteiger partial charge in [-0.2, -0.15) is 0 Å². The second kappa shape index (κ2) is 8.39. The molecule has 0 aliphatic rings. The number of hydrogen-bond donors (Lipinski definition) is 4. The Labute approximate surface area is 119 Å². The van der Waals surface area contributed by atoms with Gasteiger partial charge in [-0.05, 0) is 18.8 Å². The highest BCUT2D eigenvalue weighted by atomic mass is 16.4. The number of hydrogen-bond acceptors (Lipinski definition) is 3. The summed E-state index contributed by atoms with van der Waals surface area (Å²) in [4.78, 5) is 34.3. The van der Waals surface area contributed by atoms with Crippen molar-refractivity contribution in [3.8, 4) is 0 Å². The van der Waals surface area contributed by atoms with E-state index in [-0.39, 0.29) is 25.3 Å². The molecule has 7 nitrogen and oxygen atoms in total. The van der Waals surface area contributed by atoms with E-state index in [1.54, 1.807) is 13.8 Å². The van der Waals surface area contributed by atoms with E-state index >= 15 is 0 Å². The number of carboxylic acid groups (broad SMARTS) is 1. The van der Waals surface area contributed by atoms with Gasteiger partial charge in [-0.15, -0.1) is 0 Å². The van der Waals surface area contributed by atoms with Crippen molar-refractivity contribution in [1.82, 2.24) is 16.0 Å². The Balaban J connectivity index is 4.28. The molecule has 4 N–H and O–H groups in total. The zero-order chi connectivity index (χ0) is 15.8. The molecule has 0 saturated heterocycles. The van der Waals surface area contributed by atoms with Crippen LogP contribution in [0, 0.1) is 5.92 Å². The minimum atomic E-state index is -1.29. The van der Waals surface area contributed by atoms with Crippen LogP contribution in [0.3, 0.4) is 0 Å². The fourth-order valence-electron chi connectivity index (χ4n) is 1.59. The first-order valence-corrected chi connectivity index (χ1v) is 6.83. The molecule has 0 rings (SSSR count). The quantitative estimate of drug-likeness (QED) is 0.527. The highest BCUT2D eigenvalue weighted by Crippen LogP contribution is 2.14. The average Bonchev–Trinajstić information content (AvgIpc) is 2.39. The predicted octanol–water partition coefficient (Wildman–Crippen LogP) is 0.701. The number of aliphatic carboxylic acids is 1.